The lowest BCUT2D eigenvalue weighted by atomic mass is 10.1. The van der Waals surface area contributed by atoms with Crippen LogP contribution < -0.4 is 10.5 Å². The number of benzene rings is 2. The molecule has 1 fully saturated rings. The molecule has 168 valence electrons. The fourth-order valence-corrected chi connectivity index (χ4v) is 3.34. The number of hydrogen-bond acceptors (Lipinski definition) is 6. The van der Waals surface area contributed by atoms with Gasteiger partial charge in [0.1, 0.15) is 11.5 Å². The maximum atomic E-state index is 11.5. The highest BCUT2D eigenvalue weighted by Crippen LogP contribution is 2.14. The van der Waals surface area contributed by atoms with Crippen LogP contribution in [0.25, 0.3) is 0 Å². The Morgan fingerprint density at radius 3 is 2.03 bits per heavy atom. The molecule has 1 atom stereocenters. The number of ketones is 2. The first kappa shape index (κ1) is 24.6. The third-order valence-electron chi connectivity index (χ3n) is 5.20. The summed E-state index contributed by atoms with van der Waals surface area (Å²) in [4.78, 5) is 24.9. The van der Waals surface area contributed by atoms with E-state index in [1.54, 1.807) is 12.1 Å². The van der Waals surface area contributed by atoms with Crippen LogP contribution in [0.4, 0.5) is 0 Å². The van der Waals surface area contributed by atoms with Crippen LogP contribution in [-0.2, 0) is 0 Å². The van der Waals surface area contributed by atoms with Crippen LogP contribution >= 0.6 is 0 Å². The lowest BCUT2D eigenvalue weighted by Gasteiger charge is -2.15. The first-order valence-corrected chi connectivity index (χ1v) is 11.0. The van der Waals surface area contributed by atoms with E-state index in [0.29, 0.717) is 31.1 Å². The van der Waals surface area contributed by atoms with E-state index in [9.17, 15) is 9.59 Å². The molecule has 0 saturated carbocycles. The van der Waals surface area contributed by atoms with Gasteiger partial charge in [0.2, 0.25) is 0 Å². The Kier molecular flexibility index (Phi) is 10.2. The molecule has 0 bridgehead atoms. The third kappa shape index (κ3) is 8.52. The highest BCUT2D eigenvalue weighted by Gasteiger charge is 2.17. The fourth-order valence-electron chi connectivity index (χ4n) is 3.34. The van der Waals surface area contributed by atoms with E-state index >= 15 is 0 Å². The molecule has 2 aromatic carbocycles. The van der Waals surface area contributed by atoms with E-state index in [4.69, 9.17) is 15.6 Å². The van der Waals surface area contributed by atoms with Crippen molar-refractivity contribution in [2.45, 2.75) is 45.6 Å². The Morgan fingerprint density at radius 2 is 1.55 bits per heavy atom. The van der Waals surface area contributed by atoms with Gasteiger partial charge in [-0.05, 0) is 67.9 Å². The van der Waals surface area contributed by atoms with Gasteiger partial charge in [-0.1, -0.05) is 13.8 Å². The van der Waals surface area contributed by atoms with Crippen LogP contribution in [0.5, 0.6) is 11.5 Å². The first-order chi connectivity index (χ1) is 14.9. The van der Waals surface area contributed by atoms with Gasteiger partial charge in [0.05, 0.1) is 6.61 Å². The zero-order chi connectivity index (χ0) is 22.6. The average molecular weight is 427 g/mol. The monoisotopic (exact) mass is 426 g/mol. The fraction of sp³-hybridized carbons (Fsp3) is 0.440. The van der Waals surface area contributed by atoms with Crippen molar-refractivity contribution in [1.82, 2.24) is 4.90 Å². The van der Waals surface area contributed by atoms with Crippen LogP contribution in [0.3, 0.4) is 0 Å². The molecule has 6 heteroatoms. The first-order valence-electron chi connectivity index (χ1n) is 11.0. The minimum atomic E-state index is 0.102. The number of rotatable bonds is 9. The topological polar surface area (TPSA) is 92.9 Å². The van der Waals surface area contributed by atoms with Crippen molar-refractivity contribution in [3.8, 4) is 11.5 Å². The Balaban J connectivity index is 0.000000262. The van der Waals surface area contributed by atoms with E-state index in [1.807, 2.05) is 38.1 Å². The van der Waals surface area contributed by atoms with Gasteiger partial charge in [-0.15, -0.1) is 0 Å². The summed E-state index contributed by atoms with van der Waals surface area (Å²) in [5, 5.41) is 8.90. The number of nitrogens with two attached hydrogens (primary N) is 1. The van der Waals surface area contributed by atoms with Gasteiger partial charge < -0.3 is 20.5 Å². The molecule has 2 aromatic rings. The van der Waals surface area contributed by atoms with E-state index in [-0.39, 0.29) is 17.3 Å². The molecule has 1 heterocycles. The molecule has 0 amide bonds. The summed E-state index contributed by atoms with van der Waals surface area (Å²) in [7, 11) is 0. The van der Waals surface area contributed by atoms with Crippen molar-refractivity contribution in [1.29, 1.82) is 0 Å². The Hall–Kier alpha value is -2.70. The molecule has 0 radical (unpaired) electrons. The van der Waals surface area contributed by atoms with E-state index in [2.05, 4.69) is 4.90 Å². The summed E-state index contributed by atoms with van der Waals surface area (Å²) in [5.41, 5.74) is 7.28. The van der Waals surface area contributed by atoms with Crippen molar-refractivity contribution in [2.24, 2.45) is 5.73 Å². The zero-order valence-electron chi connectivity index (χ0n) is 18.5. The molecule has 0 unspecified atom stereocenters. The number of aromatic hydroxyl groups is 1. The molecule has 0 aromatic heterocycles. The molecule has 1 saturated heterocycles. The predicted octanol–water partition coefficient (Wildman–Crippen LogP) is 4.07. The number of carbonyl (C=O) groups is 2. The Morgan fingerprint density at radius 1 is 1.00 bits per heavy atom. The Labute approximate surface area is 185 Å². The number of hydrogen-bond donors (Lipinski definition) is 2. The van der Waals surface area contributed by atoms with Gasteiger partial charge in [0, 0.05) is 43.1 Å². The van der Waals surface area contributed by atoms with Gasteiger partial charge in [-0.25, -0.2) is 0 Å². The van der Waals surface area contributed by atoms with Crippen molar-refractivity contribution in [2.75, 3.05) is 26.2 Å². The second-order valence-electron chi connectivity index (χ2n) is 7.68. The smallest absolute Gasteiger partial charge is 0.162 e. The number of phenolic OH excluding ortho intramolecular Hbond substituents is 1. The summed E-state index contributed by atoms with van der Waals surface area (Å²) in [6.07, 6.45) is 3.15. The van der Waals surface area contributed by atoms with Crippen molar-refractivity contribution >= 4 is 11.6 Å². The highest BCUT2D eigenvalue weighted by molar-refractivity contribution is 5.96. The van der Waals surface area contributed by atoms with Crippen LogP contribution in [0.2, 0.25) is 0 Å². The van der Waals surface area contributed by atoms with E-state index < -0.39 is 0 Å². The van der Waals surface area contributed by atoms with Crippen molar-refractivity contribution < 1.29 is 19.4 Å². The van der Waals surface area contributed by atoms with Gasteiger partial charge in [-0.2, -0.15) is 0 Å². The molecule has 31 heavy (non-hydrogen) atoms. The predicted molar refractivity (Wildman–Crippen MR) is 123 cm³/mol. The SMILES string of the molecule is CCC(=O)c1ccc(O)cc1.CCC(=O)c1ccc(OCCCN2CC[C@@H](N)C2)cc1. The largest absolute Gasteiger partial charge is 0.508 e. The summed E-state index contributed by atoms with van der Waals surface area (Å²) < 4.78 is 5.69. The number of ether oxygens (including phenoxy) is 1. The molecule has 3 rings (SSSR count). The van der Waals surface area contributed by atoms with E-state index in [0.717, 1.165) is 43.8 Å². The van der Waals surface area contributed by atoms with Gasteiger partial charge in [-0.3, -0.25) is 9.59 Å². The minimum Gasteiger partial charge on any atom is -0.508 e. The minimum absolute atomic E-state index is 0.102. The van der Waals surface area contributed by atoms with Crippen LogP contribution in [-0.4, -0.2) is 53.9 Å². The molecule has 1 aliphatic rings. The standard InChI is InChI=1S/C16H24N2O2.C9H10O2/c1-2-16(19)13-4-6-15(7-5-13)20-11-3-9-18-10-8-14(17)12-18;1-2-9(11)7-3-5-8(10)6-4-7/h4-7,14H,2-3,8-12,17H2,1H3;3-6,10H,2H2,1H3/t14-;/m1./s1. The van der Waals surface area contributed by atoms with Crippen molar-refractivity contribution in [3.05, 3.63) is 59.7 Å². The van der Waals surface area contributed by atoms with Crippen LogP contribution in [0, 0.1) is 0 Å². The Bertz CT molecular complexity index is 818. The maximum Gasteiger partial charge on any atom is 0.162 e. The molecular formula is C25H34N2O4. The lowest BCUT2D eigenvalue weighted by molar-refractivity contribution is 0.0980. The zero-order valence-corrected chi connectivity index (χ0v) is 18.5. The number of phenols is 1. The number of Topliss-reactive ketones (excluding diaryl/α,β-unsaturated/α-hetero) is 2. The third-order valence-corrected chi connectivity index (χ3v) is 5.20. The number of likely N-dealkylation sites (tertiary alicyclic amines) is 1. The lowest BCUT2D eigenvalue weighted by Crippen LogP contribution is -2.28. The normalized spacial score (nSPS) is 15.8. The van der Waals surface area contributed by atoms with Gasteiger partial charge >= 0.3 is 0 Å². The number of carbonyl (C=O) groups excluding carboxylic acids is 2. The second kappa shape index (κ2) is 12.9. The summed E-state index contributed by atoms with van der Waals surface area (Å²) >= 11 is 0. The summed E-state index contributed by atoms with van der Waals surface area (Å²) in [5.74, 6) is 1.29. The quantitative estimate of drug-likeness (QED) is 0.464. The average Bonchev–Trinajstić information content (AvgIpc) is 3.22. The van der Waals surface area contributed by atoms with Crippen LogP contribution in [0.1, 0.15) is 60.2 Å². The molecule has 0 spiro atoms. The molecule has 3 N–H and O–H groups in total. The molecular weight excluding hydrogens is 392 g/mol. The summed E-state index contributed by atoms with van der Waals surface area (Å²) in [6.45, 7) is 7.54. The van der Waals surface area contributed by atoms with Gasteiger partial charge in [0.25, 0.3) is 0 Å². The molecule has 6 nitrogen and oxygen atoms in total. The van der Waals surface area contributed by atoms with Gasteiger partial charge in [0.15, 0.2) is 11.6 Å². The summed E-state index contributed by atoms with van der Waals surface area (Å²) in [6, 6.07) is 14.0. The van der Waals surface area contributed by atoms with Crippen molar-refractivity contribution in [3.63, 3.8) is 0 Å². The van der Waals surface area contributed by atoms with Crippen LogP contribution in [0.15, 0.2) is 48.5 Å². The van der Waals surface area contributed by atoms with E-state index in [1.165, 1.54) is 12.1 Å². The molecule has 0 aliphatic carbocycles. The highest BCUT2D eigenvalue weighted by atomic mass is 16.5. The second-order valence-corrected chi connectivity index (χ2v) is 7.68. The molecule has 1 aliphatic heterocycles. The maximum absolute atomic E-state index is 11.5. The number of nitrogens with zero attached hydrogens (tertiary/aromatic N) is 1.